The number of nitrogens with zero attached hydrogens (tertiary/aromatic N) is 3. The summed E-state index contributed by atoms with van der Waals surface area (Å²) in [5.41, 5.74) is 1.28. The molecule has 0 saturated carbocycles. The zero-order valence-electron chi connectivity index (χ0n) is 16.5. The van der Waals surface area contributed by atoms with E-state index in [1.807, 2.05) is 45.0 Å². The van der Waals surface area contributed by atoms with Crippen LogP contribution >= 0.6 is 0 Å². The second-order valence-electron chi connectivity index (χ2n) is 8.26. The molecular formula is C20H30N4O3. The third-order valence-electron chi connectivity index (χ3n) is 4.78. The summed E-state index contributed by atoms with van der Waals surface area (Å²) in [6.45, 7) is 11.5. The fourth-order valence-electron chi connectivity index (χ4n) is 3.53. The molecular weight excluding hydrogens is 344 g/mol. The third-order valence-corrected chi connectivity index (χ3v) is 4.78. The van der Waals surface area contributed by atoms with E-state index in [1.165, 1.54) is 0 Å². The van der Waals surface area contributed by atoms with Crippen LogP contribution in [0.3, 0.4) is 0 Å². The van der Waals surface area contributed by atoms with E-state index in [0.29, 0.717) is 18.7 Å². The van der Waals surface area contributed by atoms with Crippen LogP contribution < -0.4 is 11.1 Å². The molecule has 0 unspecified atom stereocenters. The number of amides is 1. The first kappa shape index (κ1) is 19.6. The summed E-state index contributed by atoms with van der Waals surface area (Å²) in [7, 11) is 0. The van der Waals surface area contributed by atoms with Gasteiger partial charge in [0.15, 0.2) is 5.58 Å². The van der Waals surface area contributed by atoms with Crippen molar-refractivity contribution in [2.45, 2.75) is 39.3 Å². The highest BCUT2D eigenvalue weighted by Gasteiger charge is 2.20. The Bertz CT molecular complexity index is 834. The van der Waals surface area contributed by atoms with Crippen LogP contribution in [-0.2, 0) is 11.3 Å². The van der Waals surface area contributed by atoms with Crippen LogP contribution in [0.25, 0.3) is 11.1 Å². The maximum Gasteiger partial charge on any atom is 0.419 e. The van der Waals surface area contributed by atoms with E-state index in [9.17, 15) is 9.59 Å². The molecule has 0 spiro atoms. The Balaban J connectivity index is 1.52. The fourth-order valence-corrected chi connectivity index (χ4v) is 3.53. The average Bonchev–Trinajstić information content (AvgIpc) is 2.73. The van der Waals surface area contributed by atoms with E-state index in [4.69, 9.17) is 4.42 Å². The van der Waals surface area contributed by atoms with Gasteiger partial charge in [0.25, 0.3) is 0 Å². The quantitative estimate of drug-likeness (QED) is 0.859. The predicted octanol–water partition coefficient (Wildman–Crippen LogP) is 1.52. The largest absolute Gasteiger partial charge is 0.419 e. The van der Waals surface area contributed by atoms with Crippen LogP contribution in [-0.4, -0.2) is 65.1 Å². The van der Waals surface area contributed by atoms with E-state index >= 15 is 0 Å². The molecule has 7 nitrogen and oxygen atoms in total. The summed E-state index contributed by atoms with van der Waals surface area (Å²) in [5, 5.41) is 3.02. The Kier molecular flexibility index (Phi) is 6.01. The van der Waals surface area contributed by atoms with Crippen LogP contribution in [0.2, 0.25) is 0 Å². The zero-order chi connectivity index (χ0) is 19.4. The van der Waals surface area contributed by atoms with Crippen molar-refractivity contribution in [1.29, 1.82) is 0 Å². The maximum absolute atomic E-state index is 12.1. The van der Waals surface area contributed by atoms with Crippen LogP contribution in [0.1, 0.15) is 27.2 Å². The summed E-state index contributed by atoms with van der Waals surface area (Å²) in [5.74, 6) is -0.223. The van der Waals surface area contributed by atoms with Gasteiger partial charge in [-0.2, -0.15) is 0 Å². The summed E-state index contributed by atoms with van der Waals surface area (Å²) >= 11 is 0. The molecule has 27 heavy (non-hydrogen) atoms. The first-order valence-corrected chi connectivity index (χ1v) is 9.66. The van der Waals surface area contributed by atoms with Crippen molar-refractivity contribution in [3.8, 4) is 0 Å². The molecule has 0 atom stereocenters. The summed E-state index contributed by atoms with van der Waals surface area (Å²) in [6, 6.07) is 7.52. The monoisotopic (exact) mass is 374 g/mol. The van der Waals surface area contributed by atoms with Crippen molar-refractivity contribution < 1.29 is 9.21 Å². The first-order valence-electron chi connectivity index (χ1n) is 9.66. The number of aromatic nitrogens is 1. The molecule has 1 fully saturated rings. The van der Waals surface area contributed by atoms with Gasteiger partial charge in [0.2, 0.25) is 5.91 Å². The highest BCUT2D eigenvalue weighted by atomic mass is 16.4. The Morgan fingerprint density at radius 2 is 1.78 bits per heavy atom. The lowest BCUT2D eigenvalue weighted by molar-refractivity contribution is -0.123. The number of hydrogen-bond acceptors (Lipinski definition) is 5. The molecule has 3 rings (SSSR count). The molecule has 7 heteroatoms. The van der Waals surface area contributed by atoms with Crippen LogP contribution in [0.15, 0.2) is 33.5 Å². The minimum absolute atomic E-state index is 0.0763. The number of carbonyl (C=O) groups is 1. The maximum atomic E-state index is 12.1. The van der Waals surface area contributed by atoms with Crippen molar-refractivity contribution in [2.75, 3.05) is 39.3 Å². The molecule has 0 bridgehead atoms. The molecule has 1 aromatic heterocycles. The Morgan fingerprint density at radius 3 is 2.56 bits per heavy atom. The first-order chi connectivity index (χ1) is 12.8. The number of hydrogen-bond donors (Lipinski definition) is 1. The minimum Gasteiger partial charge on any atom is -0.408 e. The Labute approximate surface area is 159 Å². The van der Waals surface area contributed by atoms with Crippen molar-refractivity contribution >= 4 is 17.0 Å². The summed E-state index contributed by atoms with van der Waals surface area (Å²) < 4.78 is 7.00. The molecule has 0 aliphatic carbocycles. The van der Waals surface area contributed by atoms with Gasteiger partial charge in [-0.1, -0.05) is 12.1 Å². The number of carbonyl (C=O) groups excluding carboxylic acids is 1. The lowest BCUT2D eigenvalue weighted by Crippen LogP contribution is -2.46. The van der Waals surface area contributed by atoms with Gasteiger partial charge in [0.05, 0.1) is 12.1 Å². The fraction of sp³-hybridized carbons (Fsp3) is 0.600. The Hall–Kier alpha value is -2.12. The average molecular weight is 374 g/mol. The molecule has 148 valence electrons. The van der Waals surface area contributed by atoms with Crippen LogP contribution in [0.4, 0.5) is 0 Å². The normalized spacial score (nSPS) is 17.1. The lowest BCUT2D eigenvalue weighted by atomic mass is 10.1. The molecule has 1 amide bonds. The van der Waals surface area contributed by atoms with E-state index < -0.39 is 0 Å². The van der Waals surface area contributed by atoms with E-state index in [2.05, 4.69) is 15.1 Å². The predicted molar refractivity (Wildman–Crippen MR) is 106 cm³/mol. The second kappa shape index (κ2) is 8.27. The molecule has 2 aromatic rings. The van der Waals surface area contributed by atoms with Crippen LogP contribution in [0.5, 0.6) is 0 Å². The third kappa shape index (κ3) is 5.43. The molecule has 1 aliphatic heterocycles. The molecule has 0 radical (unpaired) electrons. The van der Waals surface area contributed by atoms with Crippen molar-refractivity contribution in [2.24, 2.45) is 0 Å². The number of nitrogens with one attached hydrogen (secondary N) is 1. The number of para-hydroxylation sites is 2. The van der Waals surface area contributed by atoms with Gasteiger partial charge in [0, 0.05) is 31.7 Å². The van der Waals surface area contributed by atoms with Crippen molar-refractivity contribution in [3.05, 3.63) is 34.8 Å². The Morgan fingerprint density at radius 1 is 1.07 bits per heavy atom. The number of rotatable bonds is 5. The number of oxazole rings is 1. The van der Waals surface area contributed by atoms with Gasteiger partial charge in [-0.15, -0.1) is 0 Å². The van der Waals surface area contributed by atoms with E-state index in [0.717, 1.165) is 44.7 Å². The minimum atomic E-state index is -0.300. The standard InChI is InChI=1S/C20H30N4O3/c1-20(2,3)21-18(25)15-23-10-6-9-22(11-12-23)13-14-24-16-7-4-5-8-17(16)27-19(24)26/h4-5,7-8H,6,9-15H2,1-3H3,(H,21,25). The number of fused-ring (bicyclic) bond motifs is 1. The van der Waals surface area contributed by atoms with Gasteiger partial charge in [-0.25, -0.2) is 4.79 Å². The highest BCUT2D eigenvalue weighted by Crippen LogP contribution is 2.12. The molecule has 1 aliphatic rings. The second-order valence-corrected chi connectivity index (χ2v) is 8.26. The topological polar surface area (TPSA) is 70.7 Å². The SMILES string of the molecule is CC(C)(C)NC(=O)CN1CCCN(CCn2c(=O)oc3ccccc32)CC1. The molecule has 1 saturated heterocycles. The van der Waals surface area contributed by atoms with Gasteiger partial charge >= 0.3 is 5.76 Å². The molecule has 1 aromatic carbocycles. The van der Waals surface area contributed by atoms with Gasteiger partial charge in [-0.3, -0.25) is 14.3 Å². The smallest absolute Gasteiger partial charge is 0.408 e. The highest BCUT2D eigenvalue weighted by molar-refractivity contribution is 5.78. The summed E-state index contributed by atoms with van der Waals surface area (Å²) in [6.07, 6.45) is 1.02. The van der Waals surface area contributed by atoms with Gasteiger partial charge < -0.3 is 14.6 Å². The van der Waals surface area contributed by atoms with Gasteiger partial charge in [-0.05, 0) is 52.4 Å². The number of benzene rings is 1. The van der Waals surface area contributed by atoms with Crippen LogP contribution in [0, 0.1) is 0 Å². The van der Waals surface area contributed by atoms with E-state index in [-0.39, 0.29) is 17.2 Å². The van der Waals surface area contributed by atoms with E-state index in [1.54, 1.807) is 4.57 Å². The summed E-state index contributed by atoms with van der Waals surface area (Å²) in [4.78, 5) is 28.8. The van der Waals surface area contributed by atoms with Crippen molar-refractivity contribution in [1.82, 2.24) is 19.7 Å². The molecule has 2 heterocycles. The van der Waals surface area contributed by atoms with Gasteiger partial charge in [0.1, 0.15) is 0 Å². The lowest BCUT2D eigenvalue weighted by Gasteiger charge is -2.25. The molecule has 1 N–H and O–H groups in total. The van der Waals surface area contributed by atoms with Crippen molar-refractivity contribution in [3.63, 3.8) is 0 Å². The zero-order valence-corrected chi connectivity index (χ0v) is 16.5.